The maximum absolute atomic E-state index is 11.9. The molecule has 1 atom stereocenters. The zero-order chi connectivity index (χ0) is 19.5. The molecule has 144 valence electrons. The highest BCUT2D eigenvalue weighted by Gasteiger charge is 2.32. The van der Waals surface area contributed by atoms with Crippen LogP contribution in [0.2, 0.25) is 0 Å². The van der Waals surface area contributed by atoms with Gasteiger partial charge >= 0.3 is 11.9 Å². The summed E-state index contributed by atoms with van der Waals surface area (Å²) in [5.74, 6) is -1.20. The first kappa shape index (κ1) is 20.6. The summed E-state index contributed by atoms with van der Waals surface area (Å²) in [6.07, 6.45) is 1.06. The molecule has 0 saturated carbocycles. The zero-order valence-corrected chi connectivity index (χ0v) is 15.2. The van der Waals surface area contributed by atoms with Crippen LogP contribution in [0.3, 0.4) is 0 Å². The van der Waals surface area contributed by atoms with Crippen LogP contribution < -0.4 is 5.73 Å². The standard InChI is InChI=1S/C21H25NO5/c22-21(25,20(24)27-16-18-11-5-2-6-12-18)14-8-7-13-19(23)26-15-17-9-3-1-4-10-17/h1-6,9-12,25H,7-8,13-16,22H2. The van der Waals surface area contributed by atoms with Crippen molar-refractivity contribution in [1.82, 2.24) is 0 Å². The number of hydrogen-bond donors (Lipinski definition) is 2. The molecule has 0 heterocycles. The predicted molar refractivity (Wildman–Crippen MR) is 100 cm³/mol. The van der Waals surface area contributed by atoms with Crippen molar-refractivity contribution in [1.29, 1.82) is 0 Å². The number of carbonyl (C=O) groups is 2. The quantitative estimate of drug-likeness (QED) is 0.378. The van der Waals surface area contributed by atoms with Crippen LogP contribution in [-0.4, -0.2) is 22.8 Å². The van der Waals surface area contributed by atoms with Crippen LogP contribution in [0.4, 0.5) is 0 Å². The molecule has 2 aromatic carbocycles. The zero-order valence-electron chi connectivity index (χ0n) is 15.2. The molecule has 0 aliphatic rings. The van der Waals surface area contributed by atoms with Crippen molar-refractivity contribution < 1.29 is 24.2 Å². The second-order valence-electron chi connectivity index (χ2n) is 6.34. The van der Waals surface area contributed by atoms with Crippen LogP contribution in [0.1, 0.15) is 36.8 Å². The van der Waals surface area contributed by atoms with Gasteiger partial charge in [0, 0.05) is 12.8 Å². The molecule has 0 spiro atoms. The van der Waals surface area contributed by atoms with Gasteiger partial charge in [0.1, 0.15) is 13.2 Å². The van der Waals surface area contributed by atoms with Crippen molar-refractivity contribution in [2.24, 2.45) is 5.73 Å². The SMILES string of the molecule is NC(O)(CCCCC(=O)OCc1ccccc1)C(=O)OCc1ccccc1. The summed E-state index contributed by atoms with van der Waals surface area (Å²) < 4.78 is 10.2. The predicted octanol–water partition coefficient (Wildman–Crippen LogP) is 2.68. The number of hydrogen-bond acceptors (Lipinski definition) is 6. The van der Waals surface area contributed by atoms with Gasteiger partial charge in [0.25, 0.3) is 0 Å². The summed E-state index contributed by atoms with van der Waals surface area (Å²) in [4.78, 5) is 23.7. The molecule has 6 nitrogen and oxygen atoms in total. The number of aliphatic hydroxyl groups is 1. The summed E-state index contributed by atoms with van der Waals surface area (Å²) in [5, 5.41) is 10.1. The van der Waals surface area contributed by atoms with Crippen molar-refractivity contribution in [3.05, 3.63) is 71.8 Å². The Labute approximate surface area is 158 Å². The summed E-state index contributed by atoms with van der Waals surface area (Å²) in [6, 6.07) is 18.5. The lowest BCUT2D eigenvalue weighted by Crippen LogP contribution is -2.48. The first-order valence-corrected chi connectivity index (χ1v) is 8.89. The van der Waals surface area contributed by atoms with Gasteiger partial charge in [-0.2, -0.15) is 0 Å². The summed E-state index contributed by atoms with van der Waals surface area (Å²) in [5.41, 5.74) is 5.30. The fourth-order valence-corrected chi connectivity index (χ4v) is 2.42. The van der Waals surface area contributed by atoms with Gasteiger partial charge in [-0.15, -0.1) is 0 Å². The number of unbranched alkanes of at least 4 members (excludes halogenated alkanes) is 1. The monoisotopic (exact) mass is 371 g/mol. The third-order valence-corrected chi connectivity index (χ3v) is 4.00. The van der Waals surface area contributed by atoms with Crippen molar-refractivity contribution in [2.45, 2.75) is 44.6 Å². The van der Waals surface area contributed by atoms with Gasteiger partial charge in [0.05, 0.1) is 0 Å². The van der Waals surface area contributed by atoms with E-state index in [4.69, 9.17) is 15.2 Å². The minimum atomic E-state index is -2.07. The van der Waals surface area contributed by atoms with E-state index in [1.54, 1.807) is 0 Å². The average molecular weight is 371 g/mol. The number of nitrogens with two attached hydrogens (primary N) is 1. The minimum Gasteiger partial charge on any atom is -0.461 e. The Morgan fingerprint density at radius 1 is 0.852 bits per heavy atom. The topological polar surface area (TPSA) is 98.9 Å². The van der Waals surface area contributed by atoms with Crippen LogP contribution in [0.5, 0.6) is 0 Å². The number of esters is 2. The molecule has 0 saturated heterocycles. The van der Waals surface area contributed by atoms with Gasteiger partial charge in [-0.25, -0.2) is 4.79 Å². The lowest BCUT2D eigenvalue weighted by Gasteiger charge is -2.21. The molecule has 0 aromatic heterocycles. The highest BCUT2D eigenvalue weighted by atomic mass is 16.6. The molecule has 0 fully saturated rings. The normalized spacial score (nSPS) is 12.8. The van der Waals surface area contributed by atoms with E-state index >= 15 is 0 Å². The lowest BCUT2D eigenvalue weighted by atomic mass is 10.1. The van der Waals surface area contributed by atoms with E-state index in [9.17, 15) is 14.7 Å². The van der Waals surface area contributed by atoms with E-state index in [-0.39, 0.29) is 32.0 Å². The lowest BCUT2D eigenvalue weighted by molar-refractivity contribution is -0.167. The molecule has 1 unspecified atom stereocenters. The molecule has 2 aromatic rings. The fraction of sp³-hybridized carbons (Fsp3) is 0.333. The summed E-state index contributed by atoms with van der Waals surface area (Å²) >= 11 is 0. The molecule has 0 bridgehead atoms. The smallest absolute Gasteiger partial charge is 0.353 e. The molecule has 2 rings (SSSR count). The Bertz CT molecular complexity index is 716. The van der Waals surface area contributed by atoms with Gasteiger partial charge < -0.3 is 14.6 Å². The second kappa shape index (κ2) is 10.4. The summed E-state index contributed by atoms with van der Waals surface area (Å²) in [7, 11) is 0. The minimum absolute atomic E-state index is 0.00654. The van der Waals surface area contributed by atoms with Gasteiger partial charge in [-0.1, -0.05) is 60.7 Å². The number of benzene rings is 2. The van der Waals surface area contributed by atoms with Crippen LogP contribution in [0, 0.1) is 0 Å². The molecule has 3 N–H and O–H groups in total. The first-order valence-electron chi connectivity index (χ1n) is 8.89. The van der Waals surface area contributed by atoms with Crippen molar-refractivity contribution in [3.63, 3.8) is 0 Å². The van der Waals surface area contributed by atoms with Gasteiger partial charge in [-0.05, 0) is 24.0 Å². The Morgan fingerprint density at radius 2 is 1.37 bits per heavy atom. The molecular formula is C21H25NO5. The molecule has 27 heavy (non-hydrogen) atoms. The molecule has 0 aliphatic heterocycles. The van der Waals surface area contributed by atoms with Gasteiger partial charge in [0.15, 0.2) is 0 Å². The highest BCUT2D eigenvalue weighted by molar-refractivity contribution is 5.78. The number of rotatable bonds is 10. The molecule has 0 amide bonds. The van der Waals surface area contributed by atoms with E-state index in [0.717, 1.165) is 11.1 Å². The Balaban J connectivity index is 1.62. The Hall–Kier alpha value is -2.70. The van der Waals surface area contributed by atoms with Crippen LogP contribution in [0.15, 0.2) is 60.7 Å². The van der Waals surface area contributed by atoms with Gasteiger partial charge in [-0.3, -0.25) is 10.5 Å². The maximum Gasteiger partial charge on any atom is 0.353 e. The average Bonchev–Trinajstić information content (AvgIpc) is 2.69. The van der Waals surface area contributed by atoms with E-state index < -0.39 is 11.7 Å². The second-order valence-corrected chi connectivity index (χ2v) is 6.34. The first-order chi connectivity index (χ1) is 13.0. The van der Waals surface area contributed by atoms with Crippen LogP contribution in [0.25, 0.3) is 0 Å². The largest absolute Gasteiger partial charge is 0.461 e. The Morgan fingerprint density at radius 3 is 1.93 bits per heavy atom. The summed E-state index contributed by atoms with van der Waals surface area (Å²) in [6.45, 7) is 0.275. The third kappa shape index (κ3) is 7.60. The van der Waals surface area contributed by atoms with Crippen LogP contribution >= 0.6 is 0 Å². The molecule has 0 aliphatic carbocycles. The number of ether oxygens (including phenoxy) is 2. The van der Waals surface area contributed by atoms with Crippen molar-refractivity contribution in [3.8, 4) is 0 Å². The van der Waals surface area contributed by atoms with Crippen molar-refractivity contribution >= 4 is 11.9 Å². The van der Waals surface area contributed by atoms with E-state index in [2.05, 4.69) is 0 Å². The van der Waals surface area contributed by atoms with Crippen LogP contribution in [-0.2, 0) is 32.3 Å². The van der Waals surface area contributed by atoms with E-state index in [1.807, 2.05) is 60.7 Å². The Kier molecular flexibility index (Phi) is 7.98. The molecule has 0 radical (unpaired) electrons. The van der Waals surface area contributed by atoms with E-state index in [0.29, 0.717) is 12.8 Å². The number of carbonyl (C=O) groups excluding carboxylic acids is 2. The third-order valence-electron chi connectivity index (χ3n) is 4.00. The highest BCUT2D eigenvalue weighted by Crippen LogP contribution is 2.14. The maximum atomic E-state index is 11.9. The van der Waals surface area contributed by atoms with Crippen molar-refractivity contribution in [2.75, 3.05) is 0 Å². The van der Waals surface area contributed by atoms with E-state index in [1.165, 1.54) is 0 Å². The fourth-order valence-electron chi connectivity index (χ4n) is 2.42. The molecule has 6 heteroatoms. The van der Waals surface area contributed by atoms with Gasteiger partial charge in [0.2, 0.25) is 5.72 Å². The molecular weight excluding hydrogens is 346 g/mol.